The second kappa shape index (κ2) is 6.05. The molecule has 1 aromatic heterocycles. The quantitative estimate of drug-likeness (QED) is 0.878. The molecule has 0 aliphatic heterocycles. The lowest BCUT2D eigenvalue weighted by atomic mass is 10.3. The predicted molar refractivity (Wildman–Crippen MR) is 81.0 cm³/mol. The van der Waals surface area contributed by atoms with Crippen LogP contribution in [-0.4, -0.2) is 29.9 Å². The van der Waals surface area contributed by atoms with Gasteiger partial charge in [0.2, 0.25) is 0 Å². The third-order valence-electron chi connectivity index (χ3n) is 3.01. The Morgan fingerprint density at radius 1 is 1.33 bits per heavy atom. The smallest absolute Gasteiger partial charge is 0.265 e. The maximum Gasteiger partial charge on any atom is 0.265 e. The zero-order valence-corrected chi connectivity index (χ0v) is 13.2. The SMILES string of the molecule is Cc1nn(CCO)c(C)c1S(=O)(=O)Nc1ccccc1Cl. The van der Waals surface area contributed by atoms with Crippen molar-refractivity contribution in [1.82, 2.24) is 9.78 Å². The fourth-order valence-electron chi connectivity index (χ4n) is 2.12. The van der Waals surface area contributed by atoms with Crippen LogP contribution in [-0.2, 0) is 16.6 Å². The molecule has 0 aliphatic rings. The summed E-state index contributed by atoms with van der Waals surface area (Å²) in [6.45, 7) is 3.40. The molecule has 2 aromatic rings. The van der Waals surface area contributed by atoms with Crippen LogP contribution in [0.2, 0.25) is 5.02 Å². The van der Waals surface area contributed by atoms with Gasteiger partial charge < -0.3 is 5.11 Å². The van der Waals surface area contributed by atoms with Crippen molar-refractivity contribution < 1.29 is 13.5 Å². The Morgan fingerprint density at radius 2 is 2.00 bits per heavy atom. The number of para-hydroxylation sites is 1. The van der Waals surface area contributed by atoms with Gasteiger partial charge >= 0.3 is 0 Å². The molecule has 8 heteroatoms. The highest BCUT2D eigenvalue weighted by Crippen LogP contribution is 2.26. The van der Waals surface area contributed by atoms with Crippen molar-refractivity contribution >= 4 is 27.3 Å². The minimum Gasteiger partial charge on any atom is -0.394 e. The first-order chi connectivity index (χ1) is 9.86. The molecule has 0 fully saturated rings. The monoisotopic (exact) mass is 329 g/mol. The van der Waals surface area contributed by atoms with Crippen molar-refractivity contribution in [3.8, 4) is 0 Å². The maximum absolute atomic E-state index is 12.5. The summed E-state index contributed by atoms with van der Waals surface area (Å²) < 4.78 is 29.0. The van der Waals surface area contributed by atoms with Gasteiger partial charge in [-0.3, -0.25) is 9.40 Å². The number of nitrogens with zero attached hydrogens (tertiary/aromatic N) is 2. The van der Waals surface area contributed by atoms with Crippen LogP contribution in [0.5, 0.6) is 0 Å². The van der Waals surface area contributed by atoms with E-state index in [0.29, 0.717) is 22.1 Å². The largest absolute Gasteiger partial charge is 0.394 e. The zero-order valence-electron chi connectivity index (χ0n) is 11.7. The minimum atomic E-state index is -3.79. The fraction of sp³-hybridized carbons (Fsp3) is 0.308. The van der Waals surface area contributed by atoms with Gasteiger partial charge in [0.1, 0.15) is 4.90 Å². The number of hydrogen-bond acceptors (Lipinski definition) is 4. The first-order valence-electron chi connectivity index (χ1n) is 6.29. The second-order valence-electron chi connectivity index (χ2n) is 4.53. The molecule has 0 spiro atoms. The minimum absolute atomic E-state index is 0.107. The number of benzene rings is 1. The van der Waals surface area contributed by atoms with E-state index in [2.05, 4.69) is 9.82 Å². The van der Waals surface area contributed by atoms with Crippen molar-refractivity contribution in [2.75, 3.05) is 11.3 Å². The Bertz CT molecular complexity index is 756. The van der Waals surface area contributed by atoms with Gasteiger partial charge in [0.05, 0.1) is 35.2 Å². The molecule has 1 heterocycles. The molecule has 0 saturated heterocycles. The number of aliphatic hydroxyl groups is 1. The summed E-state index contributed by atoms with van der Waals surface area (Å²) in [6.07, 6.45) is 0. The maximum atomic E-state index is 12.5. The molecule has 0 unspecified atom stereocenters. The molecule has 6 nitrogen and oxygen atoms in total. The number of aliphatic hydroxyl groups excluding tert-OH is 1. The van der Waals surface area contributed by atoms with Gasteiger partial charge in [-0.15, -0.1) is 0 Å². The van der Waals surface area contributed by atoms with E-state index in [-0.39, 0.29) is 18.0 Å². The fourth-order valence-corrected chi connectivity index (χ4v) is 3.85. The lowest BCUT2D eigenvalue weighted by molar-refractivity contribution is 0.267. The van der Waals surface area contributed by atoms with E-state index >= 15 is 0 Å². The third kappa shape index (κ3) is 3.20. The predicted octanol–water partition coefficient (Wildman–Crippen LogP) is 1.95. The average molecular weight is 330 g/mol. The zero-order chi connectivity index (χ0) is 15.6. The third-order valence-corrected chi connectivity index (χ3v) is 4.96. The van der Waals surface area contributed by atoms with Crippen LogP contribution in [0.4, 0.5) is 5.69 Å². The summed E-state index contributed by atoms with van der Waals surface area (Å²) >= 11 is 5.97. The highest BCUT2D eigenvalue weighted by molar-refractivity contribution is 7.92. The summed E-state index contributed by atoms with van der Waals surface area (Å²) in [6, 6.07) is 6.60. The topological polar surface area (TPSA) is 84.2 Å². The Labute approximate surface area is 128 Å². The molecule has 0 radical (unpaired) electrons. The molecule has 0 bridgehead atoms. The molecule has 114 valence electrons. The summed E-state index contributed by atoms with van der Waals surface area (Å²) in [4.78, 5) is 0.107. The van der Waals surface area contributed by atoms with Crippen molar-refractivity contribution in [2.24, 2.45) is 0 Å². The highest BCUT2D eigenvalue weighted by Gasteiger charge is 2.25. The number of hydrogen-bond donors (Lipinski definition) is 2. The Balaban J connectivity index is 2.43. The number of halogens is 1. The molecule has 0 aliphatic carbocycles. The van der Waals surface area contributed by atoms with Crippen molar-refractivity contribution in [3.63, 3.8) is 0 Å². The standard InChI is InChI=1S/C13H16ClN3O3S/c1-9-13(10(2)17(15-9)7-8-18)21(19,20)16-12-6-4-3-5-11(12)14/h3-6,16,18H,7-8H2,1-2H3. The van der Waals surface area contributed by atoms with Crippen LogP contribution in [0, 0.1) is 13.8 Å². The molecule has 2 N–H and O–H groups in total. The van der Waals surface area contributed by atoms with Crippen LogP contribution in [0.25, 0.3) is 0 Å². The van der Waals surface area contributed by atoms with Crippen LogP contribution < -0.4 is 4.72 Å². The summed E-state index contributed by atoms with van der Waals surface area (Å²) in [5.41, 5.74) is 1.16. The number of nitrogens with one attached hydrogen (secondary N) is 1. The van der Waals surface area contributed by atoms with E-state index in [0.717, 1.165) is 0 Å². The summed E-state index contributed by atoms with van der Waals surface area (Å²) in [5.74, 6) is 0. The van der Waals surface area contributed by atoms with Gasteiger partial charge in [-0.2, -0.15) is 5.10 Å². The average Bonchev–Trinajstić information content (AvgIpc) is 2.68. The van der Waals surface area contributed by atoms with E-state index in [4.69, 9.17) is 16.7 Å². The molecular formula is C13H16ClN3O3S. The van der Waals surface area contributed by atoms with Crippen molar-refractivity contribution in [1.29, 1.82) is 0 Å². The summed E-state index contributed by atoms with van der Waals surface area (Å²) in [5, 5.41) is 13.4. The highest BCUT2D eigenvalue weighted by atomic mass is 35.5. The number of aryl methyl sites for hydroxylation is 1. The van der Waals surface area contributed by atoms with Crippen LogP contribution in [0.3, 0.4) is 0 Å². The van der Waals surface area contributed by atoms with E-state index < -0.39 is 10.0 Å². The van der Waals surface area contributed by atoms with Crippen molar-refractivity contribution in [3.05, 3.63) is 40.7 Å². The molecule has 0 amide bonds. The molecule has 2 rings (SSSR count). The van der Waals surface area contributed by atoms with Crippen LogP contribution in [0.15, 0.2) is 29.2 Å². The molecular weight excluding hydrogens is 314 g/mol. The number of sulfonamides is 1. The van der Waals surface area contributed by atoms with Gasteiger partial charge in [-0.05, 0) is 26.0 Å². The van der Waals surface area contributed by atoms with Crippen LogP contribution >= 0.6 is 11.6 Å². The van der Waals surface area contributed by atoms with E-state index in [1.807, 2.05) is 0 Å². The second-order valence-corrected chi connectivity index (χ2v) is 6.56. The van der Waals surface area contributed by atoms with Gasteiger partial charge in [0, 0.05) is 0 Å². The van der Waals surface area contributed by atoms with E-state index in [1.165, 1.54) is 4.68 Å². The molecule has 0 saturated carbocycles. The first kappa shape index (κ1) is 15.8. The molecule has 21 heavy (non-hydrogen) atoms. The van der Waals surface area contributed by atoms with Gasteiger partial charge in [-0.25, -0.2) is 8.42 Å². The van der Waals surface area contributed by atoms with Gasteiger partial charge in [0.25, 0.3) is 10.0 Å². The lowest BCUT2D eigenvalue weighted by Crippen LogP contribution is -2.15. The number of aromatic nitrogens is 2. The van der Waals surface area contributed by atoms with Gasteiger partial charge in [0.15, 0.2) is 0 Å². The molecule has 0 atom stereocenters. The first-order valence-corrected chi connectivity index (χ1v) is 8.15. The Kier molecular flexibility index (Phi) is 4.55. The normalized spacial score (nSPS) is 11.6. The molecule has 1 aromatic carbocycles. The van der Waals surface area contributed by atoms with E-state index in [9.17, 15) is 8.42 Å². The van der Waals surface area contributed by atoms with Gasteiger partial charge in [-0.1, -0.05) is 23.7 Å². The lowest BCUT2D eigenvalue weighted by Gasteiger charge is -2.10. The number of anilines is 1. The van der Waals surface area contributed by atoms with E-state index in [1.54, 1.807) is 38.1 Å². The Morgan fingerprint density at radius 3 is 2.62 bits per heavy atom. The van der Waals surface area contributed by atoms with Crippen LogP contribution in [0.1, 0.15) is 11.4 Å². The Hall–Kier alpha value is -1.57. The number of rotatable bonds is 5. The summed E-state index contributed by atoms with van der Waals surface area (Å²) in [7, 11) is -3.79. The van der Waals surface area contributed by atoms with Crippen molar-refractivity contribution in [2.45, 2.75) is 25.3 Å².